The summed E-state index contributed by atoms with van der Waals surface area (Å²) in [5, 5.41) is 4.04. The number of benzene rings is 2. The predicted molar refractivity (Wildman–Crippen MR) is 137 cm³/mol. The number of rotatable bonds is 6. The molecule has 0 bridgehead atoms. The van der Waals surface area contributed by atoms with Crippen molar-refractivity contribution < 1.29 is 13.2 Å². The molecule has 1 unspecified atom stereocenters. The van der Waals surface area contributed by atoms with Crippen molar-refractivity contribution >= 4 is 44.8 Å². The van der Waals surface area contributed by atoms with E-state index in [1.165, 1.54) is 0 Å². The Bertz CT molecular complexity index is 1100. The van der Waals surface area contributed by atoms with Crippen LogP contribution in [0.4, 0.5) is 5.69 Å². The monoisotopic (exact) mass is 523 g/mol. The normalized spacial score (nSPS) is 20.6. The van der Waals surface area contributed by atoms with Crippen molar-refractivity contribution in [1.82, 2.24) is 9.21 Å². The van der Waals surface area contributed by atoms with E-state index in [1.54, 1.807) is 34.6 Å². The summed E-state index contributed by atoms with van der Waals surface area (Å²) in [5.41, 5.74) is 1.68. The Morgan fingerprint density at radius 1 is 0.912 bits per heavy atom. The zero-order valence-electron chi connectivity index (χ0n) is 19.2. The van der Waals surface area contributed by atoms with Crippen molar-refractivity contribution in [3.8, 4) is 0 Å². The van der Waals surface area contributed by atoms with Gasteiger partial charge in [0.1, 0.15) is 0 Å². The lowest BCUT2D eigenvalue weighted by molar-refractivity contribution is -0.121. The lowest BCUT2D eigenvalue weighted by Crippen LogP contribution is -2.40. The van der Waals surface area contributed by atoms with Gasteiger partial charge in [0, 0.05) is 31.9 Å². The van der Waals surface area contributed by atoms with Gasteiger partial charge in [0.2, 0.25) is 15.9 Å². The predicted octanol–water partition coefficient (Wildman–Crippen LogP) is 5.41. The first kappa shape index (κ1) is 25.5. The summed E-state index contributed by atoms with van der Waals surface area (Å²) in [4.78, 5) is 15.5. The van der Waals surface area contributed by atoms with Crippen LogP contribution in [0.25, 0.3) is 0 Å². The van der Waals surface area contributed by atoms with E-state index in [-0.39, 0.29) is 16.7 Å². The summed E-state index contributed by atoms with van der Waals surface area (Å²) in [5.74, 6) is -0.168. The molecule has 9 heteroatoms. The fourth-order valence-electron chi connectivity index (χ4n) is 4.69. The molecule has 1 N–H and O–H groups in total. The van der Waals surface area contributed by atoms with Crippen LogP contribution < -0.4 is 5.32 Å². The molecule has 2 aliphatic heterocycles. The number of nitrogens with zero attached hydrogens (tertiary/aromatic N) is 2. The number of carbonyl (C=O) groups is 1. The SMILES string of the molecule is O=C(Nc1ccc(S(=O)(=O)N2CCCCCC2)cc1)C1CCCN(Cc2ccc(Cl)c(Cl)c2)C1. The maximum Gasteiger partial charge on any atom is 0.243 e. The summed E-state index contributed by atoms with van der Waals surface area (Å²) in [6, 6.07) is 12.2. The molecule has 2 heterocycles. The number of halogens is 2. The molecule has 0 aliphatic carbocycles. The molecule has 0 saturated carbocycles. The van der Waals surface area contributed by atoms with Crippen LogP contribution in [0.3, 0.4) is 0 Å². The van der Waals surface area contributed by atoms with Crippen LogP contribution in [0, 0.1) is 5.92 Å². The van der Waals surface area contributed by atoms with Crippen LogP contribution in [0.5, 0.6) is 0 Å². The Labute approximate surface area is 212 Å². The second kappa shape index (κ2) is 11.4. The molecular weight excluding hydrogens is 493 g/mol. The third-order valence-corrected chi connectivity index (χ3v) is 9.24. The van der Waals surface area contributed by atoms with Gasteiger partial charge in [-0.1, -0.05) is 42.1 Å². The van der Waals surface area contributed by atoms with E-state index in [1.807, 2.05) is 12.1 Å². The minimum absolute atomic E-state index is 0.0398. The zero-order chi connectivity index (χ0) is 24.1. The lowest BCUT2D eigenvalue weighted by atomic mass is 9.96. The molecule has 2 aliphatic rings. The van der Waals surface area contributed by atoms with E-state index in [9.17, 15) is 13.2 Å². The second-order valence-corrected chi connectivity index (χ2v) is 11.9. The Hall–Kier alpha value is -1.64. The maximum absolute atomic E-state index is 13.0. The van der Waals surface area contributed by atoms with E-state index in [0.29, 0.717) is 41.9 Å². The minimum atomic E-state index is -3.50. The number of anilines is 1. The fraction of sp³-hybridized carbons (Fsp3) is 0.480. The zero-order valence-corrected chi connectivity index (χ0v) is 21.5. The average Bonchev–Trinajstić information content (AvgIpc) is 3.12. The third-order valence-electron chi connectivity index (χ3n) is 6.59. The number of sulfonamides is 1. The first-order chi connectivity index (χ1) is 16.3. The number of likely N-dealkylation sites (tertiary alicyclic amines) is 1. The van der Waals surface area contributed by atoms with Gasteiger partial charge in [0.05, 0.1) is 20.9 Å². The first-order valence-corrected chi connectivity index (χ1v) is 14.1. The van der Waals surface area contributed by atoms with Gasteiger partial charge in [-0.2, -0.15) is 4.31 Å². The van der Waals surface area contributed by atoms with Crippen molar-refractivity contribution in [2.45, 2.75) is 50.0 Å². The molecule has 0 radical (unpaired) electrons. The Balaban J connectivity index is 1.35. The van der Waals surface area contributed by atoms with Crippen LogP contribution in [0.1, 0.15) is 44.1 Å². The topological polar surface area (TPSA) is 69.7 Å². The van der Waals surface area contributed by atoms with Gasteiger partial charge < -0.3 is 5.32 Å². The second-order valence-electron chi connectivity index (χ2n) is 9.15. The molecule has 0 spiro atoms. The van der Waals surface area contributed by atoms with Crippen molar-refractivity contribution in [3.63, 3.8) is 0 Å². The number of hydrogen-bond donors (Lipinski definition) is 1. The number of piperidine rings is 1. The van der Waals surface area contributed by atoms with Gasteiger partial charge in [0.25, 0.3) is 0 Å². The molecule has 2 saturated heterocycles. The van der Waals surface area contributed by atoms with Gasteiger partial charge in [-0.25, -0.2) is 8.42 Å². The molecule has 4 rings (SSSR count). The van der Waals surface area contributed by atoms with Crippen LogP contribution >= 0.6 is 23.2 Å². The molecule has 34 heavy (non-hydrogen) atoms. The molecule has 0 aromatic heterocycles. The van der Waals surface area contributed by atoms with Gasteiger partial charge in [-0.05, 0) is 74.2 Å². The Kier molecular flexibility index (Phi) is 8.53. The molecule has 6 nitrogen and oxygen atoms in total. The molecule has 2 fully saturated rings. The fourth-order valence-corrected chi connectivity index (χ4v) is 6.53. The van der Waals surface area contributed by atoms with Gasteiger partial charge in [-0.3, -0.25) is 9.69 Å². The quantitative estimate of drug-likeness (QED) is 0.549. The Morgan fingerprint density at radius 2 is 1.62 bits per heavy atom. The first-order valence-electron chi connectivity index (χ1n) is 11.9. The van der Waals surface area contributed by atoms with Crippen molar-refractivity contribution in [2.75, 3.05) is 31.5 Å². The average molecular weight is 525 g/mol. The minimum Gasteiger partial charge on any atom is -0.326 e. The van der Waals surface area contributed by atoms with E-state index in [4.69, 9.17) is 23.2 Å². The molecule has 184 valence electrons. The van der Waals surface area contributed by atoms with E-state index < -0.39 is 10.0 Å². The van der Waals surface area contributed by atoms with Crippen LogP contribution in [0.2, 0.25) is 10.0 Å². The number of hydrogen-bond acceptors (Lipinski definition) is 4. The largest absolute Gasteiger partial charge is 0.326 e. The van der Waals surface area contributed by atoms with E-state index >= 15 is 0 Å². The van der Waals surface area contributed by atoms with E-state index in [0.717, 1.165) is 50.6 Å². The molecule has 2 aromatic rings. The van der Waals surface area contributed by atoms with Crippen molar-refractivity contribution in [1.29, 1.82) is 0 Å². The van der Waals surface area contributed by atoms with Gasteiger partial charge in [-0.15, -0.1) is 0 Å². The third kappa shape index (κ3) is 6.32. The highest BCUT2D eigenvalue weighted by Gasteiger charge is 2.27. The highest BCUT2D eigenvalue weighted by atomic mass is 35.5. The highest BCUT2D eigenvalue weighted by molar-refractivity contribution is 7.89. The van der Waals surface area contributed by atoms with Crippen molar-refractivity contribution in [2.24, 2.45) is 5.92 Å². The van der Waals surface area contributed by atoms with E-state index in [2.05, 4.69) is 10.2 Å². The van der Waals surface area contributed by atoms with Gasteiger partial charge >= 0.3 is 0 Å². The van der Waals surface area contributed by atoms with Crippen LogP contribution in [-0.4, -0.2) is 49.7 Å². The Morgan fingerprint density at radius 3 is 2.29 bits per heavy atom. The van der Waals surface area contributed by atoms with Crippen LogP contribution in [-0.2, 0) is 21.4 Å². The summed E-state index contributed by atoms with van der Waals surface area (Å²) in [6.07, 6.45) is 5.71. The van der Waals surface area contributed by atoms with Crippen molar-refractivity contribution in [3.05, 3.63) is 58.1 Å². The molecule has 2 aromatic carbocycles. The number of amides is 1. The van der Waals surface area contributed by atoms with Crippen LogP contribution in [0.15, 0.2) is 47.4 Å². The van der Waals surface area contributed by atoms with Gasteiger partial charge in [0.15, 0.2) is 0 Å². The molecule has 1 atom stereocenters. The lowest BCUT2D eigenvalue weighted by Gasteiger charge is -2.32. The highest BCUT2D eigenvalue weighted by Crippen LogP contribution is 2.26. The number of carbonyl (C=O) groups excluding carboxylic acids is 1. The standard InChI is InChI=1S/C25H31Cl2N3O3S/c26-23-12-7-19(16-24(23)27)17-29-13-5-6-20(18-29)25(31)28-21-8-10-22(11-9-21)34(32,33)30-14-3-1-2-4-15-30/h7-12,16,20H,1-6,13-15,17-18H2,(H,28,31). The maximum atomic E-state index is 13.0. The molecule has 1 amide bonds. The summed E-state index contributed by atoms with van der Waals surface area (Å²) < 4.78 is 27.5. The summed E-state index contributed by atoms with van der Waals surface area (Å²) in [7, 11) is -3.50. The number of nitrogens with one attached hydrogen (secondary N) is 1. The molecular formula is C25H31Cl2N3O3S. The smallest absolute Gasteiger partial charge is 0.243 e. The summed E-state index contributed by atoms with van der Waals surface area (Å²) in [6.45, 7) is 3.44. The summed E-state index contributed by atoms with van der Waals surface area (Å²) >= 11 is 12.1.